The summed E-state index contributed by atoms with van der Waals surface area (Å²) in [6.07, 6.45) is 2.16. The topological polar surface area (TPSA) is 52.9 Å². The van der Waals surface area contributed by atoms with Gasteiger partial charge in [-0.25, -0.2) is 14.9 Å². The molecule has 58 valence electrons. The number of amides is 2. The maximum atomic E-state index is 10.6. The Balaban J connectivity index is 3.72. The number of carbonyl (C=O) groups excluding carboxylic acids is 1. The fraction of sp³-hybridized carbons (Fsp3) is 0.667. The number of aliphatic imine (C=N–C) groups is 1. The first kappa shape index (κ1) is 9.10. The van der Waals surface area contributed by atoms with Crippen molar-refractivity contribution in [2.75, 3.05) is 6.54 Å². The van der Waals surface area contributed by atoms with Crippen molar-refractivity contribution < 1.29 is 10.0 Å². The maximum Gasteiger partial charge on any atom is 0.366 e. The number of hydrogen-bond donors (Lipinski definition) is 1. The Hall–Kier alpha value is -0.900. The van der Waals surface area contributed by atoms with E-state index in [2.05, 4.69) is 4.99 Å². The molecule has 4 nitrogen and oxygen atoms in total. The van der Waals surface area contributed by atoms with E-state index in [4.69, 9.17) is 5.21 Å². The van der Waals surface area contributed by atoms with E-state index in [9.17, 15) is 4.79 Å². The Bertz CT molecular complexity index is 134. The molecule has 0 aliphatic carbocycles. The zero-order valence-corrected chi connectivity index (χ0v) is 6.24. The van der Waals surface area contributed by atoms with E-state index >= 15 is 0 Å². The van der Waals surface area contributed by atoms with Crippen molar-refractivity contribution in [2.24, 2.45) is 4.99 Å². The number of rotatable bonds is 2. The van der Waals surface area contributed by atoms with Crippen LogP contribution in [0.3, 0.4) is 0 Å². The molecule has 0 atom stereocenters. The standard InChI is InChI=1S/C6H12N2O2/c1-3-5-7-6(9)8(10)4-2/h5,10H,3-4H2,1-2H3. The van der Waals surface area contributed by atoms with E-state index in [1.807, 2.05) is 6.92 Å². The van der Waals surface area contributed by atoms with E-state index in [0.29, 0.717) is 11.5 Å². The Morgan fingerprint density at radius 3 is 2.70 bits per heavy atom. The van der Waals surface area contributed by atoms with Gasteiger partial charge in [0.25, 0.3) is 0 Å². The molecule has 0 aromatic carbocycles. The summed E-state index contributed by atoms with van der Waals surface area (Å²) in [5.74, 6) is 0. The Labute approximate surface area is 60.1 Å². The lowest BCUT2D eigenvalue weighted by Gasteiger charge is -2.06. The number of hydroxylamine groups is 2. The molecule has 0 fully saturated rings. The SMILES string of the molecule is CCC=NC(=O)N(O)CC. The maximum absolute atomic E-state index is 10.6. The third-order valence-electron chi connectivity index (χ3n) is 0.905. The molecule has 2 amide bonds. The van der Waals surface area contributed by atoms with E-state index in [1.54, 1.807) is 6.92 Å². The zero-order chi connectivity index (χ0) is 7.98. The van der Waals surface area contributed by atoms with Gasteiger partial charge in [-0.3, -0.25) is 5.21 Å². The molecule has 0 aromatic heterocycles. The molecule has 0 radical (unpaired) electrons. The summed E-state index contributed by atoms with van der Waals surface area (Å²) in [5, 5.41) is 9.28. The molecule has 0 aliphatic rings. The lowest BCUT2D eigenvalue weighted by atomic mass is 10.5. The largest absolute Gasteiger partial charge is 0.366 e. The molecular formula is C6H12N2O2. The second-order valence-electron chi connectivity index (χ2n) is 1.72. The minimum Gasteiger partial charge on any atom is -0.284 e. The third kappa shape index (κ3) is 3.19. The molecule has 0 spiro atoms. The van der Waals surface area contributed by atoms with Crippen molar-refractivity contribution in [2.45, 2.75) is 20.3 Å². The van der Waals surface area contributed by atoms with Gasteiger partial charge in [-0.1, -0.05) is 6.92 Å². The first-order chi connectivity index (χ1) is 4.72. The Morgan fingerprint density at radius 2 is 2.30 bits per heavy atom. The lowest BCUT2D eigenvalue weighted by Crippen LogP contribution is -2.23. The number of nitrogens with zero attached hydrogens (tertiary/aromatic N) is 2. The summed E-state index contributed by atoms with van der Waals surface area (Å²) in [4.78, 5) is 14.0. The molecular weight excluding hydrogens is 132 g/mol. The minimum atomic E-state index is -0.607. The van der Waals surface area contributed by atoms with Crippen LogP contribution in [0.1, 0.15) is 20.3 Å². The molecule has 0 saturated heterocycles. The van der Waals surface area contributed by atoms with Crippen LogP contribution < -0.4 is 0 Å². The summed E-state index contributed by atoms with van der Waals surface area (Å²) in [6.45, 7) is 3.80. The van der Waals surface area contributed by atoms with Crippen LogP contribution in [0.4, 0.5) is 4.79 Å². The predicted octanol–water partition coefficient (Wildman–Crippen LogP) is 1.30. The Kier molecular flexibility index (Phi) is 4.49. The van der Waals surface area contributed by atoms with Gasteiger partial charge < -0.3 is 0 Å². The molecule has 10 heavy (non-hydrogen) atoms. The fourth-order valence-corrected chi connectivity index (χ4v) is 0.371. The van der Waals surface area contributed by atoms with Crippen molar-refractivity contribution in [1.82, 2.24) is 5.06 Å². The van der Waals surface area contributed by atoms with Gasteiger partial charge in [0.2, 0.25) is 0 Å². The first-order valence-electron chi connectivity index (χ1n) is 3.25. The molecule has 0 saturated carbocycles. The van der Waals surface area contributed by atoms with E-state index in [-0.39, 0.29) is 6.54 Å². The first-order valence-corrected chi connectivity index (χ1v) is 3.25. The normalized spacial score (nSPS) is 10.3. The minimum absolute atomic E-state index is 0.264. The van der Waals surface area contributed by atoms with Crippen molar-refractivity contribution in [3.8, 4) is 0 Å². The summed E-state index contributed by atoms with van der Waals surface area (Å²) in [7, 11) is 0. The monoisotopic (exact) mass is 144 g/mol. The molecule has 1 N–H and O–H groups in total. The molecule has 4 heteroatoms. The van der Waals surface area contributed by atoms with E-state index in [0.717, 1.165) is 0 Å². The molecule has 0 aliphatic heterocycles. The fourth-order valence-electron chi connectivity index (χ4n) is 0.371. The quantitative estimate of drug-likeness (QED) is 0.361. The van der Waals surface area contributed by atoms with Crippen LogP contribution >= 0.6 is 0 Å². The van der Waals surface area contributed by atoms with Crippen LogP contribution in [0.25, 0.3) is 0 Å². The van der Waals surface area contributed by atoms with Gasteiger partial charge in [-0.2, -0.15) is 0 Å². The molecule has 0 aromatic rings. The van der Waals surface area contributed by atoms with Gasteiger partial charge in [0, 0.05) is 12.8 Å². The molecule has 0 heterocycles. The van der Waals surface area contributed by atoms with Crippen molar-refractivity contribution in [3.63, 3.8) is 0 Å². The summed E-state index contributed by atoms with van der Waals surface area (Å²) in [5.41, 5.74) is 0. The van der Waals surface area contributed by atoms with Crippen LogP contribution in [0, 0.1) is 0 Å². The van der Waals surface area contributed by atoms with Gasteiger partial charge in [0.1, 0.15) is 0 Å². The van der Waals surface area contributed by atoms with Crippen molar-refractivity contribution >= 4 is 12.2 Å². The Morgan fingerprint density at radius 1 is 1.70 bits per heavy atom. The summed E-state index contributed by atoms with van der Waals surface area (Å²) in [6, 6.07) is -0.607. The average molecular weight is 144 g/mol. The lowest BCUT2D eigenvalue weighted by molar-refractivity contribution is -0.0342. The van der Waals surface area contributed by atoms with E-state index < -0.39 is 6.03 Å². The molecule has 0 rings (SSSR count). The van der Waals surface area contributed by atoms with Crippen molar-refractivity contribution in [3.05, 3.63) is 0 Å². The van der Waals surface area contributed by atoms with E-state index in [1.165, 1.54) is 6.21 Å². The highest BCUT2D eigenvalue weighted by Crippen LogP contribution is 1.86. The smallest absolute Gasteiger partial charge is 0.284 e. The summed E-state index contributed by atoms with van der Waals surface area (Å²) >= 11 is 0. The molecule has 0 bridgehead atoms. The number of carbonyl (C=O) groups is 1. The van der Waals surface area contributed by atoms with Crippen LogP contribution in [0.2, 0.25) is 0 Å². The summed E-state index contributed by atoms with van der Waals surface area (Å²) < 4.78 is 0. The zero-order valence-electron chi connectivity index (χ0n) is 6.24. The van der Waals surface area contributed by atoms with Crippen LogP contribution in [0.15, 0.2) is 4.99 Å². The third-order valence-corrected chi connectivity index (χ3v) is 0.905. The van der Waals surface area contributed by atoms with Crippen molar-refractivity contribution in [1.29, 1.82) is 0 Å². The second-order valence-corrected chi connectivity index (χ2v) is 1.72. The van der Waals surface area contributed by atoms with Gasteiger partial charge in [0.05, 0.1) is 0 Å². The highest BCUT2D eigenvalue weighted by Gasteiger charge is 2.02. The van der Waals surface area contributed by atoms with Gasteiger partial charge in [-0.05, 0) is 13.3 Å². The highest BCUT2D eigenvalue weighted by molar-refractivity contribution is 5.82. The predicted molar refractivity (Wildman–Crippen MR) is 38.3 cm³/mol. The van der Waals surface area contributed by atoms with Crippen LogP contribution in [-0.2, 0) is 0 Å². The number of urea groups is 1. The molecule has 0 unspecified atom stereocenters. The second kappa shape index (κ2) is 4.93. The highest BCUT2D eigenvalue weighted by atomic mass is 16.5. The van der Waals surface area contributed by atoms with Crippen LogP contribution in [-0.4, -0.2) is 29.1 Å². The van der Waals surface area contributed by atoms with Gasteiger partial charge >= 0.3 is 6.03 Å². The van der Waals surface area contributed by atoms with Gasteiger partial charge in [0.15, 0.2) is 0 Å². The average Bonchev–Trinajstić information content (AvgIpc) is 1.98. The van der Waals surface area contributed by atoms with Crippen LogP contribution in [0.5, 0.6) is 0 Å². The van der Waals surface area contributed by atoms with Gasteiger partial charge in [-0.15, -0.1) is 0 Å². The number of hydrogen-bond acceptors (Lipinski definition) is 2.